The first-order chi connectivity index (χ1) is 9.71. The van der Waals surface area contributed by atoms with E-state index in [2.05, 4.69) is 27.2 Å². The molecule has 1 fully saturated rings. The average Bonchev–Trinajstić information content (AvgIpc) is 3.25. The van der Waals surface area contributed by atoms with Gasteiger partial charge in [-0.2, -0.15) is 0 Å². The van der Waals surface area contributed by atoms with E-state index in [1.165, 1.54) is 0 Å². The number of rotatable bonds is 5. The first-order valence-corrected chi connectivity index (χ1v) is 7.03. The molecule has 0 radical (unpaired) electrons. The molecule has 3 rings (SSSR count). The van der Waals surface area contributed by atoms with Crippen LogP contribution < -0.4 is 11.1 Å². The molecule has 0 amide bonds. The number of aromatic nitrogens is 3. The van der Waals surface area contributed by atoms with Gasteiger partial charge in [0.05, 0.1) is 16.9 Å². The van der Waals surface area contributed by atoms with E-state index in [-0.39, 0.29) is 5.54 Å². The molecule has 0 spiro atoms. The van der Waals surface area contributed by atoms with E-state index in [1.54, 1.807) is 6.33 Å². The molecule has 20 heavy (non-hydrogen) atoms. The maximum Gasteiger partial charge on any atom is 0.129 e. The van der Waals surface area contributed by atoms with Crippen molar-refractivity contribution in [2.45, 2.75) is 31.7 Å². The highest BCUT2D eigenvalue weighted by Gasteiger charge is 2.41. The molecule has 0 aliphatic heterocycles. The van der Waals surface area contributed by atoms with Crippen LogP contribution in [0.2, 0.25) is 0 Å². The van der Waals surface area contributed by atoms with Gasteiger partial charge in [-0.3, -0.25) is 4.98 Å². The van der Waals surface area contributed by atoms with Gasteiger partial charge in [-0.05, 0) is 31.4 Å². The molecule has 5 heteroatoms. The van der Waals surface area contributed by atoms with Crippen molar-refractivity contribution in [1.29, 1.82) is 0 Å². The molecule has 0 unspecified atom stereocenters. The van der Waals surface area contributed by atoms with E-state index < -0.39 is 0 Å². The Balaban J connectivity index is 1.81. The quantitative estimate of drug-likeness (QED) is 0.871. The standard InChI is InChI=1S/C15H19N5/c1-2-7-17-14-8-12(19-10-20-14)11-3-4-13(18-9-11)15(16)5-6-15/h3-4,8-10H,2,5-7,16H2,1H3,(H,17,19,20). The highest BCUT2D eigenvalue weighted by atomic mass is 15.0. The molecule has 0 aromatic carbocycles. The Morgan fingerprint density at radius 1 is 1.25 bits per heavy atom. The Hall–Kier alpha value is -2.01. The summed E-state index contributed by atoms with van der Waals surface area (Å²) < 4.78 is 0. The molecule has 2 aromatic rings. The summed E-state index contributed by atoms with van der Waals surface area (Å²) in [5, 5.41) is 3.26. The van der Waals surface area contributed by atoms with E-state index in [0.717, 1.165) is 48.6 Å². The van der Waals surface area contributed by atoms with Gasteiger partial charge in [0.25, 0.3) is 0 Å². The monoisotopic (exact) mass is 269 g/mol. The van der Waals surface area contributed by atoms with Gasteiger partial charge < -0.3 is 11.1 Å². The van der Waals surface area contributed by atoms with Crippen LogP contribution in [0.25, 0.3) is 11.3 Å². The second-order valence-corrected chi connectivity index (χ2v) is 5.30. The average molecular weight is 269 g/mol. The minimum absolute atomic E-state index is 0.182. The molecule has 0 atom stereocenters. The predicted molar refractivity (Wildman–Crippen MR) is 79.1 cm³/mol. The van der Waals surface area contributed by atoms with Crippen LogP contribution in [0.4, 0.5) is 5.82 Å². The van der Waals surface area contributed by atoms with Crippen LogP contribution in [0.5, 0.6) is 0 Å². The lowest BCUT2D eigenvalue weighted by molar-refractivity contribution is 0.708. The molecule has 0 bridgehead atoms. The SMILES string of the molecule is CCCNc1cc(-c2ccc(C3(N)CC3)nc2)ncn1. The number of nitrogens with zero attached hydrogens (tertiary/aromatic N) is 3. The van der Waals surface area contributed by atoms with Crippen LogP contribution in [0.15, 0.2) is 30.7 Å². The minimum atomic E-state index is -0.182. The van der Waals surface area contributed by atoms with Crippen molar-refractivity contribution in [2.75, 3.05) is 11.9 Å². The van der Waals surface area contributed by atoms with Crippen LogP contribution in [-0.2, 0) is 5.54 Å². The van der Waals surface area contributed by atoms with Crippen LogP contribution >= 0.6 is 0 Å². The van der Waals surface area contributed by atoms with Gasteiger partial charge in [0.2, 0.25) is 0 Å². The van der Waals surface area contributed by atoms with Crippen molar-refractivity contribution >= 4 is 5.82 Å². The van der Waals surface area contributed by atoms with Gasteiger partial charge in [0.1, 0.15) is 12.1 Å². The third-order valence-electron chi connectivity index (χ3n) is 3.58. The van der Waals surface area contributed by atoms with E-state index in [1.807, 2.05) is 24.4 Å². The molecule has 1 saturated carbocycles. The molecule has 2 heterocycles. The fourth-order valence-corrected chi connectivity index (χ4v) is 2.10. The van der Waals surface area contributed by atoms with Crippen molar-refractivity contribution in [3.63, 3.8) is 0 Å². The van der Waals surface area contributed by atoms with E-state index >= 15 is 0 Å². The Labute approximate surface area is 118 Å². The Morgan fingerprint density at radius 3 is 2.75 bits per heavy atom. The summed E-state index contributed by atoms with van der Waals surface area (Å²) in [6, 6.07) is 5.98. The second-order valence-electron chi connectivity index (χ2n) is 5.30. The largest absolute Gasteiger partial charge is 0.370 e. The molecule has 3 N–H and O–H groups in total. The van der Waals surface area contributed by atoms with E-state index in [0.29, 0.717) is 0 Å². The third-order valence-corrected chi connectivity index (χ3v) is 3.58. The molecular weight excluding hydrogens is 250 g/mol. The fraction of sp³-hybridized carbons (Fsp3) is 0.400. The minimum Gasteiger partial charge on any atom is -0.370 e. The smallest absolute Gasteiger partial charge is 0.129 e. The van der Waals surface area contributed by atoms with Crippen LogP contribution in [0.3, 0.4) is 0 Å². The van der Waals surface area contributed by atoms with Gasteiger partial charge >= 0.3 is 0 Å². The van der Waals surface area contributed by atoms with Gasteiger partial charge in [-0.1, -0.05) is 6.92 Å². The lowest BCUT2D eigenvalue weighted by atomic mass is 10.1. The zero-order chi connectivity index (χ0) is 14.0. The number of anilines is 1. The number of hydrogen-bond donors (Lipinski definition) is 2. The van der Waals surface area contributed by atoms with E-state index in [9.17, 15) is 0 Å². The third kappa shape index (κ3) is 2.63. The lowest BCUT2D eigenvalue weighted by Gasteiger charge is -2.09. The van der Waals surface area contributed by atoms with Crippen molar-refractivity contribution in [3.05, 3.63) is 36.4 Å². The summed E-state index contributed by atoms with van der Waals surface area (Å²) in [6.07, 6.45) is 6.53. The fourth-order valence-electron chi connectivity index (χ4n) is 2.10. The molecule has 1 aliphatic carbocycles. The summed E-state index contributed by atoms with van der Waals surface area (Å²) in [4.78, 5) is 13.0. The molecule has 2 aromatic heterocycles. The van der Waals surface area contributed by atoms with Crippen molar-refractivity contribution in [1.82, 2.24) is 15.0 Å². The maximum atomic E-state index is 6.14. The molecule has 0 saturated heterocycles. The summed E-state index contributed by atoms with van der Waals surface area (Å²) in [7, 11) is 0. The topological polar surface area (TPSA) is 76.7 Å². The van der Waals surface area contributed by atoms with Gasteiger partial charge in [-0.15, -0.1) is 0 Å². The van der Waals surface area contributed by atoms with Crippen LogP contribution in [0, 0.1) is 0 Å². The Bertz CT molecular complexity index is 589. The normalized spacial score (nSPS) is 15.9. The van der Waals surface area contributed by atoms with Crippen LogP contribution in [-0.4, -0.2) is 21.5 Å². The zero-order valence-corrected chi connectivity index (χ0v) is 11.6. The first kappa shape index (κ1) is 13.0. The Kier molecular flexibility index (Phi) is 3.36. The number of nitrogens with two attached hydrogens (primary N) is 1. The van der Waals surface area contributed by atoms with E-state index in [4.69, 9.17) is 5.73 Å². The van der Waals surface area contributed by atoms with Crippen LogP contribution in [0.1, 0.15) is 31.9 Å². The van der Waals surface area contributed by atoms with Gasteiger partial charge in [0.15, 0.2) is 0 Å². The zero-order valence-electron chi connectivity index (χ0n) is 11.6. The van der Waals surface area contributed by atoms with Crippen molar-refractivity contribution < 1.29 is 0 Å². The Morgan fingerprint density at radius 2 is 2.10 bits per heavy atom. The van der Waals surface area contributed by atoms with Crippen molar-refractivity contribution in [3.8, 4) is 11.3 Å². The highest BCUT2D eigenvalue weighted by molar-refractivity contribution is 5.61. The predicted octanol–water partition coefficient (Wildman–Crippen LogP) is 2.31. The first-order valence-electron chi connectivity index (χ1n) is 7.03. The summed E-state index contributed by atoms with van der Waals surface area (Å²) in [6.45, 7) is 3.03. The second kappa shape index (κ2) is 5.17. The summed E-state index contributed by atoms with van der Waals surface area (Å²) in [5.74, 6) is 0.846. The molecule has 5 nitrogen and oxygen atoms in total. The maximum absolute atomic E-state index is 6.14. The van der Waals surface area contributed by atoms with Gasteiger partial charge in [-0.25, -0.2) is 9.97 Å². The lowest BCUT2D eigenvalue weighted by Crippen LogP contribution is -2.20. The number of pyridine rings is 1. The van der Waals surface area contributed by atoms with Gasteiger partial charge in [0, 0.05) is 24.4 Å². The number of nitrogens with one attached hydrogen (secondary N) is 1. The number of hydrogen-bond acceptors (Lipinski definition) is 5. The molecular formula is C15H19N5. The van der Waals surface area contributed by atoms with Crippen molar-refractivity contribution in [2.24, 2.45) is 5.73 Å². The summed E-state index contributed by atoms with van der Waals surface area (Å²) >= 11 is 0. The molecule has 104 valence electrons. The summed E-state index contributed by atoms with van der Waals surface area (Å²) in [5.41, 5.74) is 8.79. The highest BCUT2D eigenvalue weighted by Crippen LogP contribution is 2.41. The molecule has 1 aliphatic rings.